The second kappa shape index (κ2) is 12.0. The highest BCUT2D eigenvalue weighted by molar-refractivity contribution is 6.35. The highest BCUT2D eigenvalue weighted by atomic mass is 35.5. The summed E-state index contributed by atoms with van der Waals surface area (Å²) < 4.78 is 42.9. The summed E-state index contributed by atoms with van der Waals surface area (Å²) in [5.41, 5.74) is 7.83. The van der Waals surface area contributed by atoms with Gasteiger partial charge in [-0.3, -0.25) is 4.79 Å². The third kappa shape index (κ3) is 7.17. The van der Waals surface area contributed by atoms with E-state index in [-0.39, 0.29) is 28.0 Å². The van der Waals surface area contributed by atoms with E-state index in [1.165, 1.54) is 18.2 Å². The molecule has 0 bridgehead atoms. The summed E-state index contributed by atoms with van der Waals surface area (Å²) in [5.74, 6) is -0.864. The summed E-state index contributed by atoms with van der Waals surface area (Å²) in [6.07, 6.45) is 3.35. The Morgan fingerprint density at radius 3 is 2.32 bits per heavy atom. The fourth-order valence-electron chi connectivity index (χ4n) is 3.82. The predicted molar refractivity (Wildman–Crippen MR) is 139 cm³/mol. The average Bonchev–Trinajstić information content (AvgIpc) is 3.69. The van der Waals surface area contributed by atoms with E-state index < -0.39 is 24.6 Å². The SMILES string of the molecule is CC(C(=O)OC(Cc1c(Cl)c[n+]([O-])cc1Cl)c1ccc(OC(F)F)c(OCC2CC2)c1)c1ccc(N)cc1. The van der Waals surface area contributed by atoms with Crippen molar-refractivity contribution in [2.45, 2.75) is 44.8 Å². The number of benzene rings is 2. The van der Waals surface area contributed by atoms with E-state index in [9.17, 15) is 18.8 Å². The summed E-state index contributed by atoms with van der Waals surface area (Å²) in [6, 6.07) is 11.2. The number of rotatable bonds is 11. The molecule has 2 unspecified atom stereocenters. The number of carbonyl (C=O) groups excluding carboxylic acids is 1. The van der Waals surface area contributed by atoms with Crippen LogP contribution in [0.15, 0.2) is 54.9 Å². The van der Waals surface area contributed by atoms with Crippen molar-refractivity contribution in [1.29, 1.82) is 0 Å². The molecule has 2 N–H and O–H groups in total. The molecule has 38 heavy (non-hydrogen) atoms. The molecule has 1 aliphatic rings. The molecule has 1 aliphatic carbocycles. The molecule has 1 fully saturated rings. The maximum atomic E-state index is 13.2. The molecule has 0 spiro atoms. The summed E-state index contributed by atoms with van der Waals surface area (Å²) in [5, 5.41) is 11.9. The number of aromatic nitrogens is 1. The number of nitrogens with two attached hydrogens (primary N) is 1. The second-order valence-electron chi connectivity index (χ2n) is 9.15. The molecule has 0 amide bonds. The van der Waals surface area contributed by atoms with Crippen molar-refractivity contribution >= 4 is 34.9 Å². The van der Waals surface area contributed by atoms with Gasteiger partial charge in [0.1, 0.15) is 16.1 Å². The van der Waals surface area contributed by atoms with Gasteiger partial charge in [0.2, 0.25) is 0 Å². The minimum absolute atomic E-state index is 0.00974. The number of nitrogens with zero attached hydrogens (tertiary/aromatic N) is 1. The number of carbonyl (C=O) groups is 1. The van der Waals surface area contributed by atoms with Crippen LogP contribution in [0.4, 0.5) is 14.5 Å². The highest BCUT2D eigenvalue weighted by Gasteiger charge is 2.28. The zero-order valence-corrected chi connectivity index (χ0v) is 21.9. The number of ether oxygens (including phenoxy) is 3. The first kappa shape index (κ1) is 27.7. The van der Waals surface area contributed by atoms with E-state index in [4.69, 9.17) is 38.4 Å². The van der Waals surface area contributed by atoms with E-state index in [0.717, 1.165) is 25.2 Å². The van der Waals surface area contributed by atoms with Gasteiger partial charge >= 0.3 is 12.6 Å². The lowest BCUT2D eigenvalue weighted by Crippen LogP contribution is -2.26. The molecule has 0 saturated heterocycles. The average molecular weight is 567 g/mol. The van der Waals surface area contributed by atoms with Crippen LogP contribution in [0.2, 0.25) is 10.0 Å². The largest absolute Gasteiger partial charge is 0.619 e. The van der Waals surface area contributed by atoms with Gasteiger partial charge in [-0.15, -0.1) is 0 Å². The van der Waals surface area contributed by atoms with E-state index in [1.807, 2.05) is 0 Å². The molecule has 0 radical (unpaired) electrons. The van der Waals surface area contributed by atoms with E-state index >= 15 is 0 Å². The molecule has 1 heterocycles. The summed E-state index contributed by atoms with van der Waals surface area (Å²) in [4.78, 5) is 13.2. The van der Waals surface area contributed by atoms with E-state index in [1.54, 1.807) is 31.2 Å². The van der Waals surface area contributed by atoms with Crippen LogP contribution in [0, 0.1) is 11.1 Å². The van der Waals surface area contributed by atoms with Crippen LogP contribution in [0.25, 0.3) is 0 Å². The Hall–Kier alpha value is -3.30. The molecule has 11 heteroatoms. The fourth-order valence-corrected chi connectivity index (χ4v) is 4.42. The third-order valence-corrected chi connectivity index (χ3v) is 6.87. The van der Waals surface area contributed by atoms with E-state index in [2.05, 4.69) is 4.74 Å². The van der Waals surface area contributed by atoms with Crippen molar-refractivity contribution in [2.75, 3.05) is 12.3 Å². The maximum absolute atomic E-state index is 13.2. The molecule has 1 aromatic heterocycles. The van der Waals surface area contributed by atoms with Gasteiger partial charge in [-0.05, 0) is 61.1 Å². The first-order chi connectivity index (χ1) is 18.1. The van der Waals surface area contributed by atoms with Gasteiger partial charge in [-0.2, -0.15) is 13.5 Å². The molecule has 0 aliphatic heterocycles. The van der Waals surface area contributed by atoms with Gasteiger partial charge in [0, 0.05) is 17.7 Å². The maximum Gasteiger partial charge on any atom is 0.387 e. The van der Waals surface area contributed by atoms with Gasteiger partial charge in [-0.1, -0.05) is 41.4 Å². The van der Waals surface area contributed by atoms with Gasteiger partial charge < -0.3 is 25.2 Å². The quantitative estimate of drug-likeness (QED) is 0.128. The number of anilines is 1. The summed E-state index contributed by atoms with van der Waals surface area (Å²) >= 11 is 12.6. The number of alkyl halides is 2. The lowest BCUT2D eigenvalue weighted by Gasteiger charge is -2.23. The van der Waals surface area contributed by atoms with Crippen LogP contribution in [-0.2, 0) is 16.0 Å². The Kier molecular flexibility index (Phi) is 8.79. The Bertz CT molecular complexity index is 1270. The number of esters is 1. The Labute approximate surface area is 228 Å². The van der Waals surface area contributed by atoms with Crippen LogP contribution in [-0.4, -0.2) is 19.2 Å². The van der Waals surface area contributed by atoms with Crippen molar-refractivity contribution in [2.24, 2.45) is 5.92 Å². The Balaban J connectivity index is 1.67. The molecule has 1 saturated carbocycles. The molecular formula is C27H26Cl2F2N2O5. The lowest BCUT2D eigenvalue weighted by molar-refractivity contribution is -0.605. The first-order valence-electron chi connectivity index (χ1n) is 11.9. The number of nitrogen functional groups attached to an aromatic ring is 1. The summed E-state index contributed by atoms with van der Waals surface area (Å²) in [6.45, 7) is -1.00. The number of hydrogen-bond donors (Lipinski definition) is 1. The number of hydrogen-bond acceptors (Lipinski definition) is 6. The lowest BCUT2D eigenvalue weighted by atomic mass is 9.99. The zero-order valence-electron chi connectivity index (χ0n) is 20.4. The standard InChI is InChI=1S/C27H26Cl2F2N2O5/c1-15(17-4-7-19(32)8-5-17)26(34)37-24(11-20-21(28)12-33(35)13-22(20)29)18-6-9-23(38-27(30)31)25(10-18)36-14-16-2-3-16/h4-10,12-13,15-16,24,27H,2-3,11,14,32H2,1H3. The fraction of sp³-hybridized carbons (Fsp3) is 0.333. The molecule has 4 rings (SSSR count). The number of halogens is 4. The smallest absolute Gasteiger partial charge is 0.387 e. The van der Waals surface area contributed by atoms with Crippen molar-refractivity contribution in [3.63, 3.8) is 0 Å². The van der Waals surface area contributed by atoms with Crippen LogP contribution in [0.5, 0.6) is 11.5 Å². The van der Waals surface area contributed by atoms with Crippen molar-refractivity contribution in [3.8, 4) is 11.5 Å². The number of pyridine rings is 1. The third-order valence-electron chi connectivity index (χ3n) is 6.22. The molecule has 2 aromatic carbocycles. The van der Waals surface area contributed by atoms with Gasteiger partial charge in [-0.25, -0.2) is 0 Å². The van der Waals surface area contributed by atoms with Crippen molar-refractivity contribution in [1.82, 2.24) is 0 Å². The minimum atomic E-state index is -3.04. The van der Waals surface area contributed by atoms with Crippen molar-refractivity contribution in [3.05, 3.63) is 86.8 Å². The van der Waals surface area contributed by atoms with Gasteiger partial charge in [0.05, 0.1) is 12.5 Å². The summed E-state index contributed by atoms with van der Waals surface area (Å²) in [7, 11) is 0. The van der Waals surface area contributed by atoms with Crippen molar-refractivity contribution < 1.29 is 32.5 Å². The second-order valence-corrected chi connectivity index (χ2v) is 9.96. The van der Waals surface area contributed by atoms with Crippen LogP contribution in [0.3, 0.4) is 0 Å². The monoisotopic (exact) mass is 566 g/mol. The zero-order chi connectivity index (χ0) is 27.4. The van der Waals surface area contributed by atoms with Crippen LogP contribution < -0.4 is 19.9 Å². The van der Waals surface area contributed by atoms with Gasteiger partial charge in [0.15, 0.2) is 23.9 Å². The first-order valence-corrected chi connectivity index (χ1v) is 12.7. The van der Waals surface area contributed by atoms with Crippen LogP contribution in [0.1, 0.15) is 48.5 Å². The normalized spacial score (nSPS) is 14.7. The molecular weight excluding hydrogens is 541 g/mol. The highest BCUT2D eigenvalue weighted by Crippen LogP contribution is 2.38. The van der Waals surface area contributed by atoms with Crippen LogP contribution >= 0.6 is 23.2 Å². The minimum Gasteiger partial charge on any atom is -0.619 e. The Morgan fingerprint density at radius 2 is 1.71 bits per heavy atom. The Morgan fingerprint density at radius 1 is 1.08 bits per heavy atom. The van der Waals surface area contributed by atoms with Gasteiger partial charge in [0.25, 0.3) is 0 Å². The molecule has 2 atom stereocenters. The predicted octanol–water partition coefficient (Wildman–Crippen LogP) is 6.23. The van der Waals surface area contributed by atoms with E-state index in [0.29, 0.717) is 39.6 Å². The molecule has 3 aromatic rings. The molecule has 202 valence electrons. The topological polar surface area (TPSA) is 97.7 Å². The molecule has 7 nitrogen and oxygen atoms in total.